The minimum absolute atomic E-state index is 0.119. The first-order valence-electron chi connectivity index (χ1n) is 10.6. The quantitative estimate of drug-likeness (QED) is 0.546. The minimum Gasteiger partial charge on any atom is -0.379 e. The van der Waals surface area contributed by atoms with Gasteiger partial charge in [-0.15, -0.1) is 11.3 Å². The molecule has 9 heteroatoms. The molecule has 1 aromatic heterocycles. The number of hydrogen-bond acceptors (Lipinski definition) is 5. The van der Waals surface area contributed by atoms with E-state index in [1.165, 1.54) is 27.8 Å². The predicted molar refractivity (Wildman–Crippen MR) is 127 cm³/mol. The number of amides is 1. The second-order valence-electron chi connectivity index (χ2n) is 7.85. The molecule has 0 spiro atoms. The monoisotopic (exact) mass is 488 g/mol. The first-order chi connectivity index (χ1) is 15.8. The van der Waals surface area contributed by atoms with Gasteiger partial charge >= 0.3 is 0 Å². The number of nitrogens with zero attached hydrogens (tertiary/aromatic N) is 1. The molecule has 174 valence electrons. The summed E-state index contributed by atoms with van der Waals surface area (Å²) in [7, 11) is -3.47. The number of nitrogens with one attached hydrogen (secondary N) is 1. The van der Waals surface area contributed by atoms with Gasteiger partial charge in [0.05, 0.1) is 23.8 Å². The highest BCUT2D eigenvalue weighted by Gasteiger charge is 2.25. The van der Waals surface area contributed by atoms with Gasteiger partial charge in [-0.25, -0.2) is 12.8 Å². The molecule has 6 nitrogen and oxygen atoms in total. The number of hydrogen-bond donors (Lipinski definition) is 1. The van der Waals surface area contributed by atoms with Crippen LogP contribution in [-0.4, -0.2) is 44.9 Å². The molecule has 0 saturated carbocycles. The Bertz CT molecular complexity index is 1230. The van der Waals surface area contributed by atoms with Crippen LogP contribution in [0.5, 0.6) is 0 Å². The van der Waals surface area contributed by atoms with Crippen molar-refractivity contribution in [1.29, 1.82) is 0 Å². The van der Waals surface area contributed by atoms with E-state index in [1.54, 1.807) is 24.3 Å². The fourth-order valence-corrected chi connectivity index (χ4v) is 6.38. The number of ether oxygens (including phenoxy) is 1. The van der Waals surface area contributed by atoms with Crippen molar-refractivity contribution in [2.45, 2.75) is 19.2 Å². The molecule has 2 heterocycles. The van der Waals surface area contributed by atoms with Gasteiger partial charge in [0, 0.05) is 24.5 Å². The largest absolute Gasteiger partial charge is 0.379 e. The standard InChI is InChI=1S/C24H25FN2O4S2/c1-17-14-22(32-23(17)18-6-8-21(25)9-7-18)24(28)26-15-19-4-2-3-5-20(19)16-33(29,30)27-10-12-31-13-11-27/h2-9,14H,10-13,15-16H2,1H3,(H,26,28). The Hall–Kier alpha value is -2.59. The number of rotatable bonds is 7. The lowest BCUT2D eigenvalue weighted by Gasteiger charge is -2.26. The van der Waals surface area contributed by atoms with Gasteiger partial charge < -0.3 is 10.1 Å². The highest BCUT2D eigenvalue weighted by molar-refractivity contribution is 7.88. The average molecular weight is 489 g/mol. The third-order valence-electron chi connectivity index (χ3n) is 5.51. The summed E-state index contributed by atoms with van der Waals surface area (Å²) in [5.41, 5.74) is 3.22. The molecule has 0 atom stereocenters. The predicted octanol–water partition coefficient (Wildman–Crippen LogP) is 3.95. The van der Waals surface area contributed by atoms with Gasteiger partial charge in [0.1, 0.15) is 5.82 Å². The van der Waals surface area contributed by atoms with Gasteiger partial charge in [-0.1, -0.05) is 36.4 Å². The Morgan fingerprint density at radius 3 is 2.45 bits per heavy atom. The zero-order chi connectivity index (χ0) is 23.4. The lowest BCUT2D eigenvalue weighted by atomic mass is 10.1. The Morgan fingerprint density at radius 2 is 1.76 bits per heavy atom. The van der Waals surface area contributed by atoms with E-state index in [1.807, 2.05) is 25.1 Å². The van der Waals surface area contributed by atoms with E-state index >= 15 is 0 Å². The molecule has 4 rings (SSSR count). The van der Waals surface area contributed by atoms with E-state index in [9.17, 15) is 17.6 Å². The molecule has 1 saturated heterocycles. The molecule has 2 aromatic carbocycles. The molecule has 1 fully saturated rings. The van der Waals surface area contributed by atoms with Gasteiger partial charge in [-0.05, 0) is 47.4 Å². The molecule has 1 N–H and O–H groups in total. The summed E-state index contributed by atoms with van der Waals surface area (Å²) in [4.78, 5) is 14.3. The SMILES string of the molecule is Cc1cc(C(=O)NCc2ccccc2CS(=O)(=O)N2CCOCC2)sc1-c1ccc(F)cc1. The van der Waals surface area contributed by atoms with Crippen LogP contribution in [0.25, 0.3) is 10.4 Å². The third kappa shape index (κ3) is 5.67. The molecule has 1 aliphatic heterocycles. The van der Waals surface area contributed by atoms with Gasteiger partial charge in [0.2, 0.25) is 10.0 Å². The van der Waals surface area contributed by atoms with Crippen molar-refractivity contribution >= 4 is 27.3 Å². The maximum absolute atomic E-state index is 13.2. The summed E-state index contributed by atoms with van der Waals surface area (Å²) >= 11 is 1.35. The second-order valence-corrected chi connectivity index (χ2v) is 10.9. The van der Waals surface area contributed by atoms with E-state index < -0.39 is 10.0 Å². The maximum Gasteiger partial charge on any atom is 0.261 e. The van der Waals surface area contributed by atoms with Crippen LogP contribution in [0.2, 0.25) is 0 Å². The average Bonchev–Trinajstić information content (AvgIpc) is 3.21. The molecular weight excluding hydrogens is 463 g/mol. The zero-order valence-corrected chi connectivity index (χ0v) is 19.8. The number of carbonyl (C=O) groups is 1. The normalized spacial score (nSPS) is 14.8. The highest BCUT2D eigenvalue weighted by Crippen LogP contribution is 2.32. The van der Waals surface area contributed by atoms with Crippen LogP contribution in [0.1, 0.15) is 26.4 Å². The van der Waals surface area contributed by atoms with Crippen molar-refractivity contribution in [3.63, 3.8) is 0 Å². The van der Waals surface area contributed by atoms with Gasteiger partial charge in [-0.2, -0.15) is 4.31 Å². The molecule has 1 amide bonds. The number of benzene rings is 2. The summed E-state index contributed by atoms with van der Waals surface area (Å²) in [5, 5.41) is 2.91. The summed E-state index contributed by atoms with van der Waals surface area (Å²) in [6, 6.07) is 15.2. The number of carbonyl (C=O) groups excluding carboxylic acids is 1. The fraction of sp³-hybridized carbons (Fsp3) is 0.292. The zero-order valence-electron chi connectivity index (χ0n) is 18.2. The van der Waals surface area contributed by atoms with Gasteiger partial charge in [0.25, 0.3) is 5.91 Å². The van der Waals surface area contributed by atoms with Crippen molar-refractivity contribution < 1.29 is 22.3 Å². The van der Waals surface area contributed by atoms with E-state index in [-0.39, 0.29) is 24.0 Å². The van der Waals surface area contributed by atoms with Crippen molar-refractivity contribution in [3.05, 3.63) is 82.0 Å². The van der Waals surface area contributed by atoms with Crippen LogP contribution in [-0.2, 0) is 27.1 Å². The molecule has 0 aliphatic carbocycles. The van der Waals surface area contributed by atoms with Crippen molar-refractivity contribution in [2.24, 2.45) is 0 Å². The van der Waals surface area contributed by atoms with Crippen LogP contribution < -0.4 is 5.32 Å². The van der Waals surface area contributed by atoms with Crippen LogP contribution in [0.3, 0.4) is 0 Å². The Labute approximate surface area is 197 Å². The van der Waals surface area contributed by atoms with Crippen LogP contribution in [0, 0.1) is 12.7 Å². The lowest BCUT2D eigenvalue weighted by molar-refractivity contribution is 0.0729. The summed E-state index contributed by atoms with van der Waals surface area (Å²) in [6.07, 6.45) is 0. The number of halogens is 1. The van der Waals surface area contributed by atoms with E-state index in [2.05, 4.69) is 5.32 Å². The molecule has 0 bridgehead atoms. The van der Waals surface area contributed by atoms with Crippen molar-refractivity contribution in [3.8, 4) is 10.4 Å². The third-order valence-corrected chi connectivity index (χ3v) is 8.62. The summed E-state index contributed by atoms with van der Waals surface area (Å²) < 4.78 is 45.6. The van der Waals surface area contributed by atoms with Crippen LogP contribution in [0.15, 0.2) is 54.6 Å². The Balaban J connectivity index is 1.45. The first-order valence-corrected chi connectivity index (χ1v) is 13.0. The maximum atomic E-state index is 13.2. The Morgan fingerprint density at radius 1 is 1.09 bits per heavy atom. The minimum atomic E-state index is -3.47. The summed E-state index contributed by atoms with van der Waals surface area (Å²) in [6.45, 7) is 3.65. The highest BCUT2D eigenvalue weighted by atomic mass is 32.2. The first kappa shape index (κ1) is 23.6. The van der Waals surface area contributed by atoms with Crippen LogP contribution >= 0.6 is 11.3 Å². The van der Waals surface area contributed by atoms with E-state index in [0.29, 0.717) is 36.7 Å². The van der Waals surface area contributed by atoms with Crippen molar-refractivity contribution in [2.75, 3.05) is 26.3 Å². The number of thiophene rings is 1. The molecule has 33 heavy (non-hydrogen) atoms. The van der Waals surface area contributed by atoms with E-state index in [4.69, 9.17) is 4.74 Å². The van der Waals surface area contributed by atoms with Gasteiger partial charge in [0.15, 0.2) is 0 Å². The number of aryl methyl sites for hydroxylation is 1. The summed E-state index contributed by atoms with van der Waals surface area (Å²) in [5.74, 6) is -0.659. The van der Waals surface area contributed by atoms with Crippen molar-refractivity contribution in [1.82, 2.24) is 9.62 Å². The number of morpholine rings is 1. The fourth-order valence-electron chi connectivity index (χ4n) is 3.73. The molecule has 0 unspecified atom stereocenters. The lowest BCUT2D eigenvalue weighted by Crippen LogP contribution is -2.41. The second kappa shape index (κ2) is 10.1. The molecule has 0 radical (unpaired) electrons. The van der Waals surface area contributed by atoms with Crippen LogP contribution in [0.4, 0.5) is 4.39 Å². The number of sulfonamides is 1. The molecule has 1 aliphatic rings. The van der Waals surface area contributed by atoms with Gasteiger partial charge in [-0.3, -0.25) is 4.79 Å². The van der Waals surface area contributed by atoms with E-state index in [0.717, 1.165) is 21.6 Å². The molecule has 3 aromatic rings. The molecular formula is C24H25FN2O4S2. The smallest absolute Gasteiger partial charge is 0.261 e. The topological polar surface area (TPSA) is 75.7 Å². The Kier molecular flexibility index (Phi) is 7.23.